The summed E-state index contributed by atoms with van der Waals surface area (Å²) in [6.45, 7) is 4.54. The van der Waals surface area contributed by atoms with Crippen molar-refractivity contribution >= 4 is 25.3 Å². The lowest BCUT2D eigenvalue weighted by Crippen LogP contribution is -2.37. The van der Waals surface area contributed by atoms with Gasteiger partial charge in [0.25, 0.3) is 0 Å². The third-order valence-electron chi connectivity index (χ3n) is 3.51. The highest BCUT2D eigenvalue weighted by Crippen LogP contribution is 2.50. The normalized spacial score (nSPS) is 14.7. The van der Waals surface area contributed by atoms with Crippen LogP contribution < -0.4 is 14.1 Å². The number of carbonyl (C=O) groups is 1. The van der Waals surface area contributed by atoms with Gasteiger partial charge in [0.2, 0.25) is 0 Å². The molecule has 164 valence electrons. The lowest BCUT2D eigenvalue weighted by atomic mass is 10.2. The van der Waals surface area contributed by atoms with Gasteiger partial charge in [0.05, 0.1) is 16.7 Å². The van der Waals surface area contributed by atoms with Crippen molar-refractivity contribution in [2.45, 2.75) is 39.1 Å². The van der Waals surface area contributed by atoms with Gasteiger partial charge in [-0.25, -0.2) is 4.57 Å². The van der Waals surface area contributed by atoms with Crippen molar-refractivity contribution in [1.29, 1.82) is 0 Å². The molecule has 0 heterocycles. The first-order chi connectivity index (χ1) is 13.9. The minimum absolute atomic E-state index is 0.0402. The van der Waals surface area contributed by atoms with E-state index in [4.69, 9.17) is 25.4 Å². The molecular formula is C19H20ClF3NO5P. The molecule has 0 saturated carbocycles. The first-order valence-electron chi connectivity index (χ1n) is 8.79. The molecule has 2 atom stereocenters. The molecule has 0 aliphatic heterocycles. The van der Waals surface area contributed by atoms with Crippen molar-refractivity contribution in [3.05, 3.63) is 59.1 Å². The van der Waals surface area contributed by atoms with Crippen LogP contribution in [0.25, 0.3) is 0 Å². The van der Waals surface area contributed by atoms with Crippen LogP contribution in [0.1, 0.15) is 26.3 Å². The highest BCUT2D eigenvalue weighted by Gasteiger charge is 2.40. The number of esters is 1. The van der Waals surface area contributed by atoms with Gasteiger partial charge in [-0.2, -0.15) is 18.3 Å². The molecule has 1 N–H and O–H groups in total. The molecule has 0 aromatic heterocycles. The zero-order chi connectivity index (χ0) is 22.5. The Morgan fingerprint density at radius 3 is 2.23 bits per heavy atom. The van der Waals surface area contributed by atoms with E-state index in [0.29, 0.717) is 0 Å². The maximum Gasteiger partial charge on any atom is 0.513 e. The number of ether oxygens (including phenoxy) is 1. The second kappa shape index (κ2) is 9.73. The van der Waals surface area contributed by atoms with Gasteiger partial charge in [0.15, 0.2) is 5.75 Å². The summed E-state index contributed by atoms with van der Waals surface area (Å²) in [6, 6.07) is 9.36. The molecule has 1 unspecified atom stereocenters. The topological polar surface area (TPSA) is 73.9 Å². The Balaban J connectivity index is 2.42. The standard InChI is InChI=1S/C19H20ClF3NO5P/c1-12(2)27-18(25)13(3)24-30(26,28-14-8-5-4-6-9-14)29-17-15(19(21,22)23)10-7-11-16(17)20/h4-13H,1-3H3,(H,24,26)/t13-,30?/m0/s1. The van der Waals surface area contributed by atoms with Crippen molar-refractivity contribution in [1.82, 2.24) is 5.09 Å². The summed E-state index contributed by atoms with van der Waals surface area (Å²) in [5.41, 5.74) is -1.24. The molecule has 30 heavy (non-hydrogen) atoms. The maximum atomic E-state index is 13.4. The Labute approximate surface area is 176 Å². The van der Waals surface area contributed by atoms with Crippen LogP contribution in [0.3, 0.4) is 0 Å². The summed E-state index contributed by atoms with van der Waals surface area (Å²) >= 11 is 5.89. The molecule has 2 rings (SSSR count). The first-order valence-corrected chi connectivity index (χ1v) is 10.7. The van der Waals surface area contributed by atoms with Crippen LogP contribution >= 0.6 is 19.3 Å². The lowest BCUT2D eigenvalue weighted by Gasteiger charge is -2.25. The fraction of sp³-hybridized carbons (Fsp3) is 0.316. The molecule has 0 saturated heterocycles. The number of rotatable bonds is 8. The van der Waals surface area contributed by atoms with Crippen molar-refractivity contribution in [3.8, 4) is 11.5 Å². The van der Waals surface area contributed by atoms with Crippen LogP contribution in [0.5, 0.6) is 11.5 Å². The summed E-state index contributed by atoms with van der Waals surface area (Å²) in [7, 11) is -4.58. The van der Waals surface area contributed by atoms with E-state index in [1.807, 2.05) is 0 Å². The molecule has 0 fully saturated rings. The van der Waals surface area contributed by atoms with E-state index < -0.39 is 48.4 Å². The Morgan fingerprint density at radius 2 is 1.67 bits per heavy atom. The fourth-order valence-electron chi connectivity index (χ4n) is 2.26. The first kappa shape index (κ1) is 24.1. The van der Waals surface area contributed by atoms with Gasteiger partial charge in [-0.1, -0.05) is 35.9 Å². The van der Waals surface area contributed by atoms with E-state index in [1.165, 1.54) is 19.1 Å². The van der Waals surface area contributed by atoms with Crippen LogP contribution in [-0.4, -0.2) is 18.1 Å². The minimum Gasteiger partial charge on any atom is -0.462 e. The zero-order valence-electron chi connectivity index (χ0n) is 16.3. The molecule has 11 heteroatoms. The Hall–Kier alpha value is -2.22. The van der Waals surface area contributed by atoms with Crippen LogP contribution in [0, 0.1) is 0 Å². The smallest absolute Gasteiger partial charge is 0.462 e. The van der Waals surface area contributed by atoms with E-state index in [9.17, 15) is 22.5 Å². The highest BCUT2D eigenvalue weighted by atomic mass is 35.5. The molecular weight excluding hydrogens is 446 g/mol. The van der Waals surface area contributed by atoms with Gasteiger partial charge >= 0.3 is 19.9 Å². The van der Waals surface area contributed by atoms with Crippen molar-refractivity contribution in [3.63, 3.8) is 0 Å². The minimum atomic E-state index is -4.83. The number of carbonyl (C=O) groups excluding carboxylic acids is 1. The molecule has 0 aliphatic rings. The molecule has 0 spiro atoms. The van der Waals surface area contributed by atoms with Crippen LogP contribution in [-0.2, 0) is 20.3 Å². The predicted octanol–water partition coefficient (Wildman–Crippen LogP) is 5.85. The Bertz CT molecular complexity index is 924. The summed E-state index contributed by atoms with van der Waals surface area (Å²) in [5.74, 6) is -1.64. The van der Waals surface area contributed by atoms with Gasteiger partial charge in [-0.15, -0.1) is 0 Å². The zero-order valence-corrected chi connectivity index (χ0v) is 17.9. The number of benzene rings is 2. The van der Waals surface area contributed by atoms with E-state index in [1.54, 1.807) is 32.0 Å². The third kappa shape index (κ3) is 6.65. The number of nitrogens with one attached hydrogen (secondary N) is 1. The molecule has 0 bridgehead atoms. The van der Waals surface area contributed by atoms with E-state index in [2.05, 4.69) is 5.09 Å². The largest absolute Gasteiger partial charge is 0.513 e. The maximum absolute atomic E-state index is 13.4. The predicted molar refractivity (Wildman–Crippen MR) is 106 cm³/mol. The average Bonchev–Trinajstić information content (AvgIpc) is 2.62. The molecule has 2 aromatic carbocycles. The second-order valence-electron chi connectivity index (χ2n) is 6.44. The summed E-state index contributed by atoms with van der Waals surface area (Å²) in [6.07, 6.45) is -5.29. The van der Waals surface area contributed by atoms with Crippen LogP contribution in [0.4, 0.5) is 13.2 Å². The SMILES string of the molecule is CC(C)OC(=O)[C@H](C)NP(=O)(Oc1ccccc1)Oc1c(Cl)cccc1C(F)(F)F. The summed E-state index contributed by atoms with van der Waals surface area (Å²) in [4.78, 5) is 12.1. The summed E-state index contributed by atoms with van der Waals surface area (Å²) in [5, 5.41) is 1.88. The summed E-state index contributed by atoms with van der Waals surface area (Å²) < 4.78 is 69.1. The molecule has 0 radical (unpaired) electrons. The average molecular weight is 466 g/mol. The van der Waals surface area contributed by atoms with Crippen molar-refractivity contribution in [2.75, 3.05) is 0 Å². The van der Waals surface area contributed by atoms with E-state index in [0.717, 1.165) is 18.2 Å². The molecule has 0 aliphatic carbocycles. The van der Waals surface area contributed by atoms with Gasteiger partial charge in [-0.05, 0) is 45.0 Å². The number of para-hydroxylation sites is 2. The third-order valence-corrected chi connectivity index (χ3v) is 5.39. The number of alkyl halides is 3. The number of hydrogen-bond donors (Lipinski definition) is 1. The number of hydrogen-bond acceptors (Lipinski definition) is 5. The van der Waals surface area contributed by atoms with E-state index >= 15 is 0 Å². The fourth-order valence-corrected chi connectivity index (χ4v) is 4.09. The van der Waals surface area contributed by atoms with Crippen molar-refractivity contribution in [2.24, 2.45) is 0 Å². The highest BCUT2D eigenvalue weighted by molar-refractivity contribution is 7.52. The number of halogens is 4. The lowest BCUT2D eigenvalue weighted by molar-refractivity contribution is -0.149. The van der Waals surface area contributed by atoms with Gasteiger partial charge in [0, 0.05) is 0 Å². The van der Waals surface area contributed by atoms with Gasteiger partial charge in [-0.3, -0.25) is 4.79 Å². The molecule has 6 nitrogen and oxygen atoms in total. The van der Waals surface area contributed by atoms with Gasteiger partial charge < -0.3 is 13.8 Å². The van der Waals surface area contributed by atoms with Gasteiger partial charge in [0.1, 0.15) is 11.8 Å². The molecule has 0 amide bonds. The van der Waals surface area contributed by atoms with Crippen molar-refractivity contribution < 1.29 is 36.3 Å². The Morgan fingerprint density at radius 1 is 1.03 bits per heavy atom. The Kier molecular flexibility index (Phi) is 7.80. The van der Waals surface area contributed by atoms with E-state index in [-0.39, 0.29) is 5.75 Å². The van der Waals surface area contributed by atoms with Crippen LogP contribution in [0.2, 0.25) is 5.02 Å². The quantitative estimate of drug-likeness (QED) is 0.389. The monoisotopic (exact) mass is 465 g/mol. The second-order valence-corrected chi connectivity index (χ2v) is 8.47. The molecule has 2 aromatic rings. The van der Waals surface area contributed by atoms with Crippen LogP contribution in [0.15, 0.2) is 48.5 Å².